The topological polar surface area (TPSA) is 87.1 Å². The number of carboxylic acid groups (broad SMARTS) is 1. The number of benzene rings is 3. The molecule has 5 aromatic rings. The summed E-state index contributed by atoms with van der Waals surface area (Å²) >= 11 is 6.10. The molecule has 6 nitrogen and oxygen atoms in total. The maximum atomic E-state index is 12.9. The normalized spacial score (nSPS) is 11.4. The second-order valence-corrected chi connectivity index (χ2v) is 8.13. The number of carbonyl (C=O) groups is 2. The lowest BCUT2D eigenvalue weighted by atomic mass is 10.1. The fourth-order valence-corrected chi connectivity index (χ4v) is 4.60. The summed E-state index contributed by atoms with van der Waals surface area (Å²) in [6.07, 6.45) is -0.0866. The molecule has 1 amide bonds. The van der Waals surface area contributed by atoms with Gasteiger partial charge in [0.1, 0.15) is 5.69 Å². The minimum absolute atomic E-state index is 0.00103. The number of H-pyrrole nitrogens is 1. The molecule has 7 heteroatoms. The highest BCUT2D eigenvalue weighted by Gasteiger charge is 2.20. The number of para-hydroxylation sites is 1. The van der Waals surface area contributed by atoms with Crippen LogP contribution in [-0.2, 0) is 17.8 Å². The number of hydrogen-bond acceptors (Lipinski definition) is 2. The van der Waals surface area contributed by atoms with Crippen molar-refractivity contribution < 1.29 is 14.7 Å². The van der Waals surface area contributed by atoms with Crippen LogP contribution in [-0.4, -0.2) is 26.5 Å². The molecule has 2 heterocycles. The van der Waals surface area contributed by atoms with Gasteiger partial charge in [0, 0.05) is 55.5 Å². The number of rotatable bonds is 5. The predicted octanol–water partition coefficient (Wildman–Crippen LogP) is 5.83. The van der Waals surface area contributed by atoms with E-state index in [-0.39, 0.29) is 18.0 Å². The molecule has 0 aliphatic heterocycles. The second-order valence-electron chi connectivity index (χ2n) is 7.69. The highest BCUT2D eigenvalue weighted by molar-refractivity contribution is 6.31. The van der Waals surface area contributed by atoms with Crippen LogP contribution in [0.4, 0.5) is 5.69 Å². The van der Waals surface area contributed by atoms with Crippen molar-refractivity contribution in [2.24, 2.45) is 0 Å². The Morgan fingerprint density at radius 2 is 1.78 bits per heavy atom. The number of aromatic nitrogens is 2. The van der Waals surface area contributed by atoms with E-state index in [2.05, 4.69) is 33.9 Å². The summed E-state index contributed by atoms with van der Waals surface area (Å²) in [6, 6.07) is 19.1. The molecule has 0 aliphatic rings. The Labute approximate surface area is 188 Å². The molecule has 0 radical (unpaired) electrons. The monoisotopic (exact) mass is 445 g/mol. The van der Waals surface area contributed by atoms with Crippen LogP contribution in [0.25, 0.3) is 32.7 Å². The lowest BCUT2D eigenvalue weighted by Gasteiger charge is -2.07. The first-order chi connectivity index (χ1) is 15.5. The number of fused-ring (bicyclic) bond motifs is 4. The summed E-state index contributed by atoms with van der Waals surface area (Å²) in [7, 11) is 0. The number of hydrogen-bond donors (Lipinski definition) is 3. The van der Waals surface area contributed by atoms with Gasteiger partial charge < -0.3 is 20.0 Å². The molecule has 0 aliphatic carbocycles. The van der Waals surface area contributed by atoms with Crippen LogP contribution in [0.5, 0.6) is 0 Å². The maximum Gasteiger partial charge on any atom is 0.352 e. The number of nitrogens with zero attached hydrogens (tertiary/aromatic N) is 1. The fraction of sp³-hybridized carbons (Fsp3) is 0.120. The first-order valence-electron chi connectivity index (χ1n) is 10.3. The van der Waals surface area contributed by atoms with Crippen molar-refractivity contribution in [2.45, 2.75) is 19.9 Å². The Morgan fingerprint density at radius 1 is 1.00 bits per heavy atom. The van der Waals surface area contributed by atoms with Crippen LogP contribution in [0.15, 0.2) is 60.7 Å². The summed E-state index contributed by atoms with van der Waals surface area (Å²) in [6.45, 7) is 2.95. The molecular formula is C25H20ClN3O3. The SMILES string of the molecule is CCn1c2ccccc2c2cc(NC(=O)Cc3c(C(=O)O)[nH]c4ccc(Cl)cc34)ccc21. The van der Waals surface area contributed by atoms with Crippen molar-refractivity contribution in [1.29, 1.82) is 0 Å². The molecule has 0 saturated carbocycles. The molecule has 0 atom stereocenters. The molecule has 0 spiro atoms. The standard InChI is InChI=1S/C25H20ClN3O3/c1-2-29-21-6-4-3-5-16(21)18-12-15(8-10-22(18)29)27-23(30)13-19-17-11-14(26)7-9-20(17)28-24(19)25(31)32/h3-12,28H,2,13H2,1H3,(H,27,30)(H,31,32). The summed E-state index contributed by atoms with van der Waals surface area (Å²) in [4.78, 5) is 27.5. The smallest absolute Gasteiger partial charge is 0.352 e. The van der Waals surface area contributed by atoms with Crippen molar-refractivity contribution >= 4 is 61.9 Å². The highest BCUT2D eigenvalue weighted by Crippen LogP contribution is 2.31. The number of amides is 1. The van der Waals surface area contributed by atoms with Gasteiger partial charge in [0.05, 0.1) is 6.42 Å². The molecule has 5 rings (SSSR count). The Balaban J connectivity index is 1.50. The lowest BCUT2D eigenvalue weighted by Crippen LogP contribution is -2.16. The molecular weight excluding hydrogens is 426 g/mol. The van der Waals surface area contributed by atoms with Crippen LogP contribution >= 0.6 is 11.6 Å². The van der Waals surface area contributed by atoms with Crippen LogP contribution in [0.1, 0.15) is 23.0 Å². The zero-order valence-corrected chi connectivity index (χ0v) is 18.0. The highest BCUT2D eigenvalue weighted by atomic mass is 35.5. The van der Waals surface area contributed by atoms with Gasteiger partial charge in [0.2, 0.25) is 5.91 Å². The van der Waals surface area contributed by atoms with E-state index in [1.54, 1.807) is 18.2 Å². The van der Waals surface area contributed by atoms with E-state index < -0.39 is 5.97 Å². The van der Waals surface area contributed by atoms with Crippen molar-refractivity contribution in [3.63, 3.8) is 0 Å². The average molecular weight is 446 g/mol. The number of carboxylic acids is 1. The van der Waals surface area contributed by atoms with Gasteiger partial charge in [0.25, 0.3) is 0 Å². The number of carbonyl (C=O) groups excluding carboxylic acids is 1. The summed E-state index contributed by atoms with van der Waals surface area (Å²) in [5, 5.41) is 15.8. The van der Waals surface area contributed by atoms with E-state index in [0.29, 0.717) is 27.2 Å². The zero-order valence-electron chi connectivity index (χ0n) is 17.3. The molecule has 0 fully saturated rings. The molecule has 3 aromatic carbocycles. The Kier molecular flexibility index (Phi) is 4.87. The van der Waals surface area contributed by atoms with Crippen molar-refractivity contribution in [3.8, 4) is 0 Å². The number of aromatic amines is 1. The molecule has 0 unspecified atom stereocenters. The van der Waals surface area contributed by atoms with Gasteiger partial charge in [-0.3, -0.25) is 4.79 Å². The van der Waals surface area contributed by atoms with Gasteiger partial charge >= 0.3 is 5.97 Å². The van der Waals surface area contributed by atoms with Crippen molar-refractivity contribution in [3.05, 3.63) is 76.9 Å². The van der Waals surface area contributed by atoms with Crippen LogP contribution in [0.3, 0.4) is 0 Å². The van der Waals surface area contributed by atoms with E-state index in [4.69, 9.17) is 11.6 Å². The quantitative estimate of drug-likeness (QED) is 0.318. The van der Waals surface area contributed by atoms with Gasteiger partial charge in [-0.1, -0.05) is 29.8 Å². The number of anilines is 1. The number of halogens is 1. The van der Waals surface area contributed by atoms with Crippen LogP contribution < -0.4 is 5.32 Å². The first-order valence-corrected chi connectivity index (χ1v) is 10.7. The van der Waals surface area contributed by atoms with E-state index in [1.807, 2.05) is 30.3 Å². The Hall–Kier alpha value is -3.77. The Morgan fingerprint density at radius 3 is 2.56 bits per heavy atom. The fourth-order valence-electron chi connectivity index (χ4n) is 4.42. The maximum absolute atomic E-state index is 12.9. The van der Waals surface area contributed by atoms with Gasteiger partial charge in [-0.15, -0.1) is 0 Å². The summed E-state index contributed by atoms with van der Waals surface area (Å²) in [5.74, 6) is -1.42. The summed E-state index contributed by atoms with van der Waals surface area (Å²) in [5.41, 5.74) is 3.95. The Bertz CT molecular complexity index is 1530. The van der Waals surface area contributed by atoms with E-state index in [9.17, 15) is 14.7 Å². The molecule has 2 aromatic heterocycles. The number of nitrogens with one attached hydrogen (secondary N) is 2. The first kappa shape index (κ1) is 20.2. The van der Waals surface area contributed by atoms with E-state index in [1.165, 1.54) is 0 Å². The van der Waals surface area contributed by atoms with Gasteiger partial charge in [-0.2, -0.15) is 0 Å². The van der Waals surface area contributed by atoms with Crippen LogP contribution in [0, 0.1) is 0 Å². The largest absolute Gasteiger partial charge is 0.477 e. The molecule has 160 valence electrons. The van der Waals surface area contributed by atoms with Gasteiger partial charge in [-0.25, -0.2) is 4.79 Å². The van der Waals surface area contributed by atoms with Gasteiger partial charge in [-0.05, 0) is 49.4 Å². The number of aromatic carboxylic acids is 1. The van der Waals surface area contributed by atoms with Crippen molar-refractivity contribution in [2.75, 3.05) is 5.32 Å². The van der Waals surface area contributed by atoms with Crippen molar-refractivity contribution in [1.82, 2.24) is 9.55 Å². The third-order valence-corrected chi connectivity index (χ3v) is 6.03. The second kappa shape index (κ2) is 7.73. The van der Waals surface area contributed by atoms with Gasteiger partial charge in [0.15, 0.2) is 0 Å². The third-order valence-electron chi connectivity index (χ3n) is 5.79. The predicted molar refractivity (Wildman–Crippen MR) is 128 cm³/mol. The third kappa shape index (κ3) is 3.29. The molecule has 32 heavy (non-hydrogen) atoms. The average Bonchev–Trinajstić information content (AvgIpc) is 3.29. The molecule has 3 N–H and O–H groups in total. The zero-order chi connectivity index (χ0) is 22.4. The lowest BCUT2D eigenvalue weighted by molar-refractivity contribution is -0.115. The molecule has 0 bridgehead atoms. The van der Waals surface area contributed by atoms with E-state index >= 15 is 0 Å². The van der Waals surface area contributed by atoms with Crippen LogP contribution in [0.2, 0.25) is 5.02 Å². The molecule has 0 saturated heterocycles. The minimum Gasteiger partial charge on any atom is -0.477 e. The van der Waals surface area contributed by atoms with E-state index in [0.717, 1.165) is 28.4 Å². The number of aryl methyl sites for hydroxylation is 1. The minimum atomic E-state index is -1.12. The summed E-state index contributed by atoms with van der Waals surface area (Å²) < 4.78 is 2.24.